The average Bonchev–Trinajstić information content (AvgIpc) is 3.49. The molecule has 4 rings (SSSR count). The van der Waals surface area contributed by atoms with Gasteiger partial charge in [0.1, 0.15) is 0 Å². The van der Waals surface area contributed by atoms with E-state index in [9.17, 15) is 13.7 Å². The Balaban J connectivity index is 1.20. The normalized spacial score (nSPS) is 30.5. The Morgan fingerprint density at radius 2 is 2.07 bits per heavy atom. The number of nitrogens with one attached hydrogen (secondary N) is 1. The van der Waals surface area contributed by atoms with Crippen molar-refractivity contribution in [3.8, 4) is 6.07 Å². The van der Waals surface area contributed by atoms with Crippen molar-refractivity contribution in [3.63, 3.8) is 0 Å². The van der Waals surface area contributed by atoms with E-state index >= 15 is 0 Å². The third kappa shape index (κ3) is 4.36. The fourth-order valence-corrected chi connectivity index (χ4v) is 6.40. The van der Waals surface area contributed by atoms with Gasteiger partial charge in [0.15, 0.2) is 0 Å². The number of piperazine rings is 1. The first kappa shape index (κ1) is 20.8. The maximum absolute atomic E-state index is 12.0. The molecule has 3 aliphatic rings. The van der Waals surface area contributed by atoms with E-state index in [1.54, 1.807) is 11.2 Å². The molecule has 2 saturated carbocycles. The molecule has 3 fully saturated rings. The van der Waals surface area contributed by atoms with Crippen LogP contribution < -0.4 is 5.32 Å². The van der Waals surface area contributed by atoms with Gasteiger partial charge in [0, 0.05) is 45.3 Å². The third-order valence-electron chi connectivity index (χ3n) is 7.26. The van der Waals surface area contributed by atoms with Crippen LogP contribution in [0.15, 0.2) is 24.3 Å². The van der Waals surface area contributed by atoms with Crippen LogP contribution in [0.2, 0.25) is 0 Å². The van der Waals surface area contributed by atoms with Crippen LogP contribution in [-0.2, 0) is 15.4 Å². The average molecular weight is 417 g/mol. The van der Waals surface area contributed by atoms with Crippen molar-refractivity contribution in [1.82, 2.24) is 14.5 Å². The summed E-state index contributed by atoms with van der Waals surface area (Å²) in [6, 6.07) is 11.1. The van der Waals surface area contributed by atoms with Crippen molar-refractivity contribution >= 4 is 10.0 Å². The maximum atomic E-state index is 12.0. The minimum atomic E-state index is -3.04. The van der Waals surface area contributed by atoms with E-state index in [2.05, 4.69) is 28.4 Å². The summed E-state index contributed by atoms with van der Waals surface area (Å²) in [6.07, 6.45) is 4.88. The Kier molecular flexibility index (Phi) is 5.99. The van der Waals surface area contributed by atoms with Crippen molar-refractivity contribution in [3.05, 3.63) is 35.4 Å². The molecule has 3 atom stereocenters. The molecule has 0 spiro atoms. The molecule has 1 saturated heterocycles. The highest BCUT2D eigenvalue weighted by atomic mass is 32.2. The molecule has 1 aromatic carbocycles. The van der Waals surface area contributed by atoms with Gasteiger partial charge in [0.05, 0.1) is 17.4 Å². The van der Waals surface area contributed by atoms with E-state index < -0.39 is 10.0 Å². The van der Waals surface area contributed by atoms with Gasteiger partial charge >= 0.3 is 0 Å². The molecule has 158 valence electrons. The summed E-state index contributed by atoms with van der Waals surface area (Å²) in [6.45, 7) is 6.55. The zero-order chi connectivity index (χ0) is 20.5. The first-order valence-electron chi connectivity index (χ1n) is 10.9. The largest absolute Gasteiger partial charge is 0.313 e. The fourth-order valence-electron chi connectivity index (χ4n) is 5.31. The van der Waals surface area contributed by atoms with Crippen molar-refractivity contribution < 1.29 is 8.42 Å². The summed E-state index contributed by atoms with van der Waals surface area (Å²) in [7, 11) is -3.04. The van der Waals surface area contributed by atoms with Crippen LogP contribution in [0.4, 0.5) is 0 Å². The van der Waals surface area contributed by atoms with Gasteiger partial charge < -0.3 is 5.32 Å². The quantitative estimate of drug-likeness (QED) is 0.735. The van der Waals surface area contributed by atoms with E-state index in [4.69, 9.17) is 0 Å². The molecule has 6 nitrogen and oxygen atoms in total. The van der Waals surface area contributed by atoms with Gasteiger partial charge in [-0.25, -0.2) is 8.42 Å². The number of hydrogen-bond donors (Lipinski definition) is 1. The monoisotopic (exact) mass is 416 g/mol. The van der Waals surface area contributed by atoms with Crippen LogP contribution in [0.5, 0.6) is 0 Å². The third-order valence-corrected chi connectivity index (χ3v) is 9.14. The molecule has 29 heavy (non-hydrogen) atoms. The van der Waals surface area contributed by atoms with Crippen LogP contribution >= 0.6 is 0 Å². The van der Waals surface area contributed by atoms with Gasteiger partial charge in [-0.2, -0.15) is 9.57 Å². The minimum absolute atomic E-state index is 0.194. The second-order valence-electron chi connectivity index (χ2n) is 8.82. The predicted octanol–water partition coefficient (Wildman–Crippen LogP) is 1.93. The zero-order valence-corrected chi connectivity index (χ0v) is 18.1. The molecular weight excluding hydrogens is 384 g/mol. The van der Waals surface area contributed by atoms with Crippen molar-refractivity contribution in [2.75, 3.05) is 45.0 Å². The second-order valence-corrected chi connectivity index (χ2v) is 11.1. The van der Waals surface area contributed by atoms with E-state index in [1.807, 2.05) is 12.1 Å². The summed E-state index contributed by atoms with van der Waals surface area (Å²) < 4.78 is 25.6. The fraction of sp³-hybridized carbons (Fsp3) is 0.682. The molecular formula is C22H32N4O2S. The lowest BCUT2D eigenvalue weighted by molar-refractivity contribution is 0.185. The molecule has 2 aliphatic carbocycles. The summed E-state index contributed by atoms with van der Waals surface area (Å²) >= 11 is 0. The lowest BCUT2D eigenvalue weighted by Gasteiger charge is -2.34. The van der Waals surface area contributed by atoms with Crippen molar-refractivity contribution in [2.45, 2.75) is 44.1 Å². The highest BCUT2D eigenvalue weighted by Gasteiger charge is 2.57. The molecule has 1 heterocycles. The molecule has 1 N–H and O–H groups in total. The summed E-state index contributed by atoms with van der Waals surface area (Å²) in [5.41, 5.74) is 2.46. The Morgan fingerprint density at radius 3 is 2.76 bits per heavy atom. The van der Waals surface area contributed by atoms with Crippen LogP contribution in [0.1, 0.15) is 43.7 Å². The van der Waals surface area contributed by atoms with Gasteiger partial charge in [-0.05, 0) is 61.6 Å². The number of rotatable bonds is 7. The molecule has 0 amide bonds. The van der Waals surface area contributed by atoms with Gasteiger partial charge in [0.2, 0.25) is 10.0 Å². The van der Waals surface area contributed by atoms with Gasteiger partial charge in [-0.1, -0.05) is 12.1 Å². The molecule has 7 heteroatoms. The first-order valence-corrected chi connectivity index (χ1v) is 12.5. The number of benzene rings is 1. The highest BCUT2D eigenvalue weighted by Crippen LogP contribution is 2.62. The molecule has 1 aliphatic heterocycles. The van der Waals surface area contributed by atoms with E-state index in [1.165, 1.54) is 31.2 Å². The SMILES string of the molecule is CCS(=O)(=O)N1CCN(CCN[C@@H]2CC[C@]3(c4cccc(C#N)c4)C[C@@H]3C2)CC1. The number of nitriles is 1. The maximum Gasteiger partial charge on any atom is 0.213 e. The van der Waals surface area contributed by atoms with Crippen LogP contribution in [0.3, 0.4) is 0 Å². The summed E-state index contributed by atoms with van der Waals surface area (Å²) in [5, 5.41) is 12.9. The minimum Gasteiger partial charge on any atom is -0.313 e. The van der Waals surface area contributed by atoms with Gasteiger partial charge in [0.25, 0.3) is 0 Å². The van der Waals surface area contributed by atoms with Gasteiger partial charge in [-0.15, -0.1) is 0 Å². The molecule has 1 aromatic rings. The Labute approximate surface area is 174 Å². The Morgan fingerprint density at radius 1 is 1.28 bits per heavy atom. The number of nitrogens with zero attached hydrogens (tertiary/aromatic N) is 3. The topological polar surface area (TPSA) is 76.4 Å². The van der Waals surface area contributed by atoms with Crippen molar-refractivity contribution in [2.24, 2.45) is 5.92 Å². The number of fused-ring (bicyclic) bond motifs is 1. The Bertz CT molecular complexity index is 873. The van der Waals surface area contributed by atoms with Crippen LogP contribution in [-0.4, -0.2) is 68.7 Å². The molecule has 0 aromatic heterocycles. The molecule has 0 radical (unpaired) electrons. The Hall–Kier alpha value is -1.46. The van der Waals surface area contributed by atoms with Crippen LogP contribution in [0, 0.1) is 17.2 Å². The zero-order valence-electron chi connectivity index (χ0n) is 17.3. The molecule has 0 unspecified atom stereocenters. The number of hydrogen-bond acceptors (Lipinski definition) is 5. The van der Waals surface area contributed by atoms with E-state index in [-0.39, 0.29) is 5.75 Å². The van der Waals surface area contributed by atoms with Gasteiger partial charge in [-0.3, -0.25) is 4.90 Å². The highest BCUT2D eigenvalue weighted by molar-refractivity contribution is 7.89. The number of sulfonamides is 1. The van der Waals surface area contributed by atoms with Crippen LogP contribution in [0.25, 0.3) is 0 Å². The molecule has 0 bridgehead atoms. The summed E-state index contributed by atoms with van der Waals surface area (Å²) in [4.78, 5) is 2.37. The second kappa shape index (κ2) is 8.35. The first-order chi connectivity index (χ1) is 14.0. The van der Waals surface area contributed by atoms with E-state index in [0.717, 1.165) is 37.7 Å². The summed E-state index contributed by atoms with van der Waals surface area (Å²) in [5.74, 6) is 0.935. The lowest BCUT2D eigenvalue weighted by atomic mass is 9.80. The van der Waals surface area contributed by atoms with E-state index in [0.29, 0.717) is 24.5 Å². The predicted molar refractivity (Wildman–Crippen MR) is 114 cm³/mol. The smallest absolute Gasteiger partial charge is 0.213 e. The standard InChI is InChI=1S/C22H32N4O2S/c1-2-29(27,28)26-12-10-25(11-13-26)9-8-24-21-6-7-22(16-20(22)15-21)19-5-3-4-18(14-19)17-23/h3-5,14,20-21,24H,2,6-13,15-16H2,1H3/t20-,21+,22+/m0/s1. The van der Waals surface area contributed by atoms with Crippen molar-refractivity contribution in [1.29, 1.82) is 5.26 Å². The lowest BCUT2D eigenvalue weighted by Crippen LogP contribution is -2.50.